The highest BCUT2D eigenvalue weighted by atomic mass is 32.2. The fourth-order valence-corrected chi connectivity index (χ4v) is 2.52. The van der Waals surface area contributed by atoms with Crippen LogP contribution >= 0.6 is 0 Å². The van der Waals surface area contributed by atoms with Crippen LogP contribution in [0.3, 0.4) is 0 Å². The molecule has 0 radical (unpaired) electrons. The van der Waals surface area contributed by atoms with E-state index in [0.29, 0.717) is 6.42 Å². The first-order valence-corrected chi connectivity index (χ1v) is 5.84. The second-order valence-electron chi connectivity index (χ2n) is 3.80. The van der Waals surface area contributed by atoms with E-state index in [0.717, 1.165) is 5.56 Å². The molecule has 0 spiro atoms. The third-order valence-electron chi connectivity index (χ3n) is 2.81. The Morgan fingerprint density at radius 3 is 2.56 bits per heavy atom. The maximum absolute atomic E-state index is 11.1. The monoisotopic (exact) mass is 241 g/mol. The number of carboxylic acid groups (broad SMARTS) is 1. The van der Waals surface area contributed by atoms with Gasteiger partial charge in [0.2, 0.25) is 11.3 Å². The number of hydrogen-bond donors (Lipinski definition) is 3. The molecule has 6 heteroatoms. The van der Waals surface area contributed by atoms with Gasteiger partial charge in [0, 0.05) is 5.92 Å². The quantitative estimate of drug-likeness (QED) is 0.678. The topological polar surface area (TPSA) is 86.6 Å². The highest BCUT2D eigenvalue weighted by Gasteiger charge is 2.62. The summed E-state index contributed by atoms with van der Waals surface area (Å²) in [4.78, 5) is 11.1. The van der Waals surface area contributed by atoms with Gasteiger partial charge in [-0.1, -0.05) is 30.3 Å². The van der Waals surface area contributed by atoms with Crippen LogP contribution in [0.4, 0.5) is 0 Å². The van der Waals surface area contributed by atoms with E-state index in [9.17, 15) is 9.00 Å². The molecule has 0 amide bonds. The normalized spacial score (nSPS) is 29.7. The van der Waals surface area contributed by atoms with Gasteiger partial charge in [-0.25, -0.2) is 4.21 Å². The molecule has 1 aromatic rings. The minimum absolute atomic E-state index is 0.248. The molecule has 1 aromatic carbocycles. The molecule has 86 valence electrons. The lowest BCUT2D eigenvalue weighted by molar-refractivity contribution is -0.140. The zero-order chi connectivity index (χ0) is 11.8. The second-order valence-corrected chi connectivity index (χ2v) is 4.50. The molecule has 5 nitrogen and oxygen atoms in total. The zero-order valence-corrected chi connectivity index (χ0v) is 9.11. The van der Waals surface area contributed by atoms with Crippen LogP contribution in [0.2, 0.25) is 0 Å². The van der Waals surface area contributed by atoms with Crippen LogP contribution in [0.15, 0.2) is 30.3 Å². The van der Waals surface area contributed by atoms with Gasteiger partial charge in [0.05, 0.1) is 0 Å². The lowest BCUT2D eigenvalue weighted by Crippen LogP contribution is -2.41. The number of rotatable bonds is 4. The van der Waals surface area contributed by atoms with Crippen molar-refractivity contribution in [2.24, 2.45) is 0 Å². The Morgan fingerprint density at radius 2 is 2.06 bits per heavy atom. The van der Waals surface area contributed by atoms with Gasteiger partial charge in [-0.05, 0) is 12.0 Å². The second kappa shape index (κ2) is 3.97. The molecule has 2 rings (SSSR count). The van der Waals surface area contributed by atoms with Crippen molar-refractivity contribution < 1.29 is 18.7 Å². The Kier molecular flexibility index (Phi) is 2.79. The summed E-state index contributed by atoms with van der Waals surface area (Å²) < 4.78 is 21.6. The average molecular weight is 241 g/mol. The Labute approximate surface area is 94.9 Å². The van der Waals surface area contributed by atoms with E-state index in [1.807, 2.05) is 30.3 Å². The van der Waals surface area contributed by atoms with Gasteiger partial charge in [0.1, 0.15) is 5.54 Å². The Bertz CT molecular complexity index is 436. The van der Waals surface area contributed by atoms with Crippen molar-refractivity contribution in [3.63, 3.8) is 0 Å². The van der Waals surface area contributed by atoms with Crippen molar-refractivity contribution in [2.45, 2.75) is 17.9 Å². The third kappa shape index (κ3) is 1.87. The Morgan fingerprint density at radius 1 is 1.44 bits per heavy atom. The fraction of sp³-hybridized carbons (Fsp3) is 0.300. The first kappa shape index (κ1) is 11.3. The van der Waals surface area contributed by atoms with Crippen molar-refractivity contribution in [1.29, 1.82) is 0 Å². The molecule has 1 fully saturated rings. The Balaban J connectivity index is 2.22. The number of aliphatic carboxylic acids is 1. The van der Waals surface area contributed by atoms with E-state index in [4.69, 9.17) is 9.66 Å². The molecule has 0 heterocycles. The minimum Gasteiger partial charge on any atom is -0.480 e. The number of benzene rings is 1. The van der Waals surface area contributed by atoms with Gasteiger partial charge in [-0.3, -0.25) is 9.35 Å². The highest BCUT2D eigenvalue weighted by molar-refractivity contribution is 7.77. The summed E-state index contributed by atoms with van der Waals surface area (Å²) in [5.41, 5.74) is -0.427. The van der Waals surface area contributed by atoms with Crippen LogP contribution in [0.1, 0.15) is 17.9 Å². The lowest BCUT2D eigenvalue weighted by Gasteiger charge is -2.11. The SMILES string of the molecule is O=C(O)C1(NS(=O)O)CC1c1ccccc1. The van der Waals surface area contributed by atoms with E-state index >= 15 is 0 Å². The molecule has 0 bridgehead atoms. The molecule has 1 aliphatic rings. The first-order valence-electron chi connectivity index (χ1n) is 4.73. The predicted octanol–water partition coefficient (Wildman–Crippen LogP) is 0.724. The van der Waals surface area contributed by atoms with Gasteiger partial charge < -0.3 is 5.11 Å². The lowest BCUT2D eigenvalue weighted by atomic mass is 10.1. The van der Waals surface area contributed by atoms with Crippen LogP contribution in [0.5, 0.6) is 0 Å². The molecule has 16 heavy (non-hydrogen) atoms. The summed E-state index contributed by atoms with van der Waals surface area (Å²) >= 11 is -2.32. The molecule has 0 aliphatic heterocycles. The summed E-state index contributed by atoms with van der Waals surface area (Å²) in [6, 6.07) is 9.10. The summed E-state index contributed by atoms with van der Waals surface area (Å²) in [7, 11) is 0. The summed E-state index contributed by atoms with van der Waals surface area (Å²) in [5.74, 6) is -1.34. The van der Waals surface area contributed by atoms with Gasteiger partial charge in [-0.15, -0.1) is 0 Å². The summed E-state index contributed by atoms with van der Waals surface area (Å²) in [6.07, 6.45) is 0.332. The van der Waals surface area contributed by atoms with Crippen LogP contribution in [0, 0.1) is 0 Å². The predicted molar refractivity (Wildman–Crippen MR) is 58.1 cm³/mol. The van der Waals surface area contributed by atoms with Crippen molar-refractivity contribution in [3.8, 4) is 0 Å². The number of nitrogens with one attached hydrogen (secondary N) is 1. The molecular formula is C10H11NO4S. The smallest absolute Gasteiger partial charge is 0.325 e. The molecule has 3 atom stereocenters. The van der Waals surface area contributed by atoms with Crippen LogP contribution in [-0.2, 0) is 16.1 Å². The van der Waals surface area contributed by atoms with Crippen LogP contribution in [0.25, 0.3) is 0 Å². The van der Waals surface area contributed by atoms with E-state index < -0.39 is 22.8 Å². The van der Waals surface area contributed by atoms with Crippen molar-refractivity contribution in [2.75, 3.05) is 0 Å². The molecule has 1 saturated carbocycles. The fourth-order valence-electron chi connectivity index (χ4n) is 1.90. The molecule has 3 N–H and O–H groups in total. The van der Waals surface area contributed by atoms with Crippen molar-refractivity contribution >= 4 is 17.2 Å². The first-order chi connectivity index (χ1) is 7.56. The minimum atomic E-state index is -2.32. The Hall–Kier alpha value is -1.24. The van der Waals surface area contributed by atoms with Gasteiger partial charge in [-0.2, -0.15) is 4.72 Å². The van der Waals surface area contributed by atoms with Crippen molar-refractivity contribution in [3.05, 3.63) is 35.9 Å². The highest BCUT2D eigenvalue weighted by Crippen LogP contribution is 2.51. The maximum Gasteiger partial charge on any atom is 0.325 e. The van der Waals surface area contributed by atoms with E-state index in [1.165, 1.54) is 0 Å². The number of carbonyl (C=O) groups is 1. The van der Waals surface area contributed by atoms with E-state index in [-0.39, 0.29) is 5.92 Å². The third-order valence-corrected chi connectivity index (χ3v) is 3.35. The van der Waals surface area contributed by atoms with E-state index in [1.54, 1.807) is 0 Å². The zero-order valence-electron chi connectivity index (χ0n) is 8.29. The maximum atomic E-state index is 11.1. The van der Waals surface area contributed by atoms with E-state index in [2.05, 4.69) is 4.72 Å². The molecule has 0 saturated heterocycles. The largest absolute Gasteiger partial charge is 0.480 e. The van der Waals surface area contributed by atoms with Crippen LogP contribution in [-0.4, -0.2) is 25.4 Å². The summed E-state index contributed by atoms with van der Waals surface area (Å²) in [6.45, 7) is 0. The standard InChI is InChI=1S/C10H11NO4S/c12-9(13)10(11-16(14)15)6-8(10)7-4-2-1-3-5-7/h1-5,8,11H,6H2,(H,12,13)(H,14,15). The number of carboxylic acids is 1. The average Bonchev–Trinajstić information content (AvgIpc) is 2.94. The van der Waals surface area contributed by atoms with Gasteiger partial charge in [0.15, 0.2) is 0 Å². The van der Waals surface area contributed by atoms with Crippen molar-refractivity contribution in [1.82, 2.24) is 4.72 Å². The molecule has 0 aromatic heterocycles. The molecular weight excluding hydrogens is 230 g/mol. The van der Waals surface area contributed by atoms with Gasteiger partial charge in [0.25, 0.3) is 0 Å². The van der Waals surface area contributed by atoms with Gasteiger partial charge >= 0.3 is 5.97 Å². The summed E-state index contributed by atoms with van der Waals surface area (Å²) in [5, 5.41) is 9.08. The number of hydrogen-bond acceptors (Lipinski definition) is 2. The van der Waals surface area contributed by atoms with Crippen LogP contribution < -0.4 is 4.72 Å². The molecule has 1 aliphatic carbocycles. The molecule has 3 unspecified atom stereocenters.